The lowest BCUT2D eigenvalue weighted by Gasteiger charge is -2.42. The number of hydrogen-bond donors (Lipinski definition) is 2. The van der Waals surface area contributed by atoms with E-state index < -0.39 is 0 Å². The highest BCUT2D eigenvalue weighted by atomic mass is 15.2. The molecule has 3 saturated heterocycles. The molecule has 12 heavy (non-hydrogen) atoms. The maximum atomic E-state index is 5.36. The summed E-state index contributed by atoms with van der Waals surface area (Å²) in [5.74, 6) is 0.978. The molecule has 0 radical (unpaired) electrons. The summed E-state index contributed by atoms with van der Waals surface area (Å²) in [4.78, 5) is 6.69. The fraction of sp³-hybridized carbons (Fsp3) is 0.875. The number of hydrogen-bond acceptors (Lipinski definition) is 2. The molecule has 68 valence electrons. The van der Waals surface area contributed by atoms with E-state index >= 15 is 0 Å². The molecule has 4 N–H and O–H groups in total. The van der Waals surface area contributed by atoms with E-state index in [2.05, 4.69) is 9.89 Å². The highest BCUT2D eigenvalue weighted by molar-refractivity contribution is 5.75. The molecule has 0 saturated carbocycles. The predicted octanol–water partition coefficient (Wildman–Crippen LogP) is -0.646. The second kappa shape index (κ2) is 2.94. The first-order chi connectivity index (χ1) is 5.75. The minimum Gasteiger partial charge on any atom is -0.370 e. The quantitative estimate of drug-likeness (QED) is 0.404. The SMILES string of the molecule is NC(N)=N[C@@H]1CN2CCC1CC2. The largest absolute Gasteiger partial charge is 0.370 e. The van der Waals surface area contributed by atoms with Crippen molar-refractivity contribution in [2.45, 2.75) is 18.9 Å². The van der Waals surface area contributed by atoms with Gasteiger partial charge >= 0.3 is 0 Å². The summed E-state index contributed by atoms with van der Waals surface area (Å²) in [6.07, 6.45) is 2.53. The third-order valence-corrected chi connectivity index (χ3v) is 2.94. The molecule has 3 fully saturated rings. The van der Waals surface area contributed by atoms with Crippen molar-refractivity contribution in [2.24, 2.45) is 22.4 Å². The lowest BCUT2D eigenvalue weighted by molar-refractivity contribution is 0.0905. The fourth-order valence-electron chi connectivity index (χ4n) is 2.27. The summed E-state index contributed by atoms with van der Waals surface area (Å²) < 4.78 is 0. The summed E-state index contributed by atoms with van der Waals surface area (Å²) in [7, 11) is 0. The Morgan fingerprint density at radius 1 is 1.25 bits per heavy atom. The minimum absolute atomic E-state index is 0.244. The van der Waals surface area contributed by atoms with Gasteiger partial charge in [0.25, 0.3) is 0 Å². The second-order valence-corrected chi connectivity index (χ2v) is 3.76. The van der Waals surface area contributed by atoms with E-state index in [1.54, 1.807) is 0 Å². The molecule has 3 heterocycles. The first kappa shape index (κ1) is 7.86. The zero-order valence-electron chi connectivity index (χ0n) is 7.24. The Morgan fingerprint density at radius 2 is 1.92 bits per heavy atom. The predicted molar refractivity (Wildman–Crippen MR) is 48.8 cm³/mol. The average Bonchev–Trinajstić information content (AvgIpc) is 2.05. The van der Waals surface area contributed by atoms with Crippen LogP contribution in [0.3, 0.4) is 0 Å². The number of piperidine rings is 3. The van der Waals surface area contributed by atoms with Crippen LogP contribution in [0.25, 0.3) is 0 Å². The van der Waals surface area contributed by atoms with E-state index in [1.165, 1.54) is 25.9 Å². The molecule has 4 heteroatoms. The molecule has 0 aromatic heterocycles. The van der Waals surface area contributed by atoms with Gasteiger partial charge in [-0.15, -0.1) is 0 Å². The van der Waals surface area contributed by atoms with Crippen molar-refractivity contribution >= 4 is 5.96 Å². The van der Waals surface area contributed by atoms with Crippen molar-refractivity contribution in [2.75, 3.05) is 19.6 Å². The van der Waals surface area contributed by atoms with E-state index in [0.717, 1.165) is 12.5 Å². The van der Waals surface area contributed by atoms with Crippen molar-refractivity contribution in [3.8, 4) is 0 Å². The molecule has 0 aliphatic carbocycles. The molecule has 0 unspecified atom stereocenters. The van der Waals surface area contributed by atoms with Gasteiger partial charge in [0.2, 0.25) is 0 Å². The van der Waals surface area contributed by atoms with E-state index in [9.17, 15) is 0 Å². The molecule has 3 aliphatic rings. The molecular weight excluding hydrogens is 152 g/mol. The Balaban J connectivity index is 2.04. The zero-order valence-corrected chi connectivity index (χ0v) is 7.24. The van der Waals surface area contributed by atoms with Gasteiger partial charge in [-0.3, -0.25) is 0 Å². The summed E-state index contributed by atoms with van der Waals surface area (Å²) in [5, 5.41) is 0. The number of rotatable bonds is 1. The molecule has 0 amide bonds. The van der Waals surface area contributed by atoms with Crippen LogP contribution >= 0.6 is 0 Å². The minimum atomic E-state index is 0.244. The van der Waals surface area contributed by atoms with Crippen molar-refractivity contribution in [3.63, 3.8) is 0 Å². The summed E-state index contributed by atoms with van der Waals surface area (Å²) in [6, 6.07) is 0.373. The van der Waals surface area contributed by atoms with Gasteiger partial charge in [0, 0.05) is 6.54 Å². The summed E-state index contributed by atoms with van der Waals surface area (Å²) in [6.45, 7) is 3.53. The maximum absolute atomic E-state index is 5.36. The number of nitrogens with zero attached hydrogens (tertiary/aromatic N) is 2. The van der Waals surface area contributed by atoms with E-state index in [4.69, 9.17) is 11.5 Å². The van der Waals surface area contributed by atoms with Gasteiger partial charge in [0.05, 0.1) is 6.04 Å². The molecule has 0 aromatic rings. The number of fused-ring (bicyclic) bond motifs is 3. The highest BCUT2D eigenvalue weighted by Gasteiger charge is 2.33. The standard InChI is InChI=1S/C8H16N4/c9-8(10)11-7-5-12-3-1-6(7)2-4-12/h6-7H,1-5H2,(H4,9,10,11)/t7-/m1/s1. The monoisotopic (exact) mass is 168 g/mol. The van der Waals surface area contributed by atoms with Crippen LogP contribution in [-0.4, -0.2) is 36.5 Å². The molecule has 0 spiro atoms. The summed E-state index contributed by atoms with van der Waals surface area (Å²) in [5.41, 5.74) is 10.7. The van der Waals surface area contributed by atoms with E-state index in [1.807, 2.05) is 0 Å². The van der Waals surface area contributed by atoms with Crippen molar-refractivity contribution in [1.82, 2.24) is 4.90 Å². The first-order valence-corrected chi connectivity index (χ1v) is 4.57. The van der Waals surface area contributed by atoms with Crippen LogP contribution < -0.4 is 11.5 Å². The molecule has 1 atom stereocenters. The van der Waals surface area contributed by atoms with Crippen LogP contribution in [-0.2, 0) is 0 Å². The van der Waals surface area contributed by atoms with Crippen LogP contribution in [0.2, 0.25) is 0 Å². The molecule has 0 aromatic carbocycles. The van der Waals surface area contributed by atoms with Gasteiger partial charge < -0.3 is 16.4 Å². The van der Waals surface area contributed by atoms with Gasteiger partial charge in [-0.2, -0.15) is 0 Å². The van der Waals surface area contributed by atoms with Crippen molar-refractivity contribution < 1.29 is 0 Å². The molecule has 3 rings (SSSR count). The van der Waals surface area contributed by atoms with Crippen LogP contribution in [0.5, 0.6) is 0 Å². The normalized spacial score (nSPS) is 39.5. The van der Waals surface area contributed by atoms with Crippen LogP contribution in [0, 0.1) is 5.92 Å². The fourth-order valence-corrected chi connectivity index (χ4v) is 2.27. The third-order valence-electron chi connectivity index (χ3n) is 2.94. The molecule has 4 nitrogen and oxygen atoms in total. The van der Waals surface area contributed by atoms with Crippen molar-refractivity contribution in [1.29, 1.82) is 0 Å². The number of guanidine groups is 1. The second-order valence-electron chi connectivity index (χ2n) is 3.76. The molecule has 2 bridgehead atoms. The van der Waals surface area contributed by atoms with Crippen LogP contribution in [0.4, 0.5) is 0 Å². The first-order valence-electron chi connectivity index (χ1n) is 4.57. The van der Waals surface area contributed by atoms with Gasteiger partial charge in [0.15, 0.2) is 5.96 Å². The highest BCUT2D eigenvalue weighted by Crippen LogP contribution is 2.29. The van der Waals surface area contributed by atoms with Gasteiger partial charge in [0.1, 0.15) is 0 Å². The van der Waals surface area contributed by atoms with Crippen molar-refractivity contribution in [3.05, 3.63) is 0 Å². The van der Waals surface area contributed by atoms with Gasteiger partial charge in [-0.1, -0.05) is 0 Å². The van der Waals surface area contributed by atoms with E-state index in [-0.39, 0.29) is 5.96 Å². The molecular formula is C8H16N4. The van der Waals surface area contributed by atoms with Gasteiger partial charge in [-0.25, -0.2) is 4.99 Å². The lowest BCUT2D eigenvalue weighted by atomic mass is 9.84. The smallest absolute Gasteiger partial charge is 0.186 e. The Hall–Kier alpha value is -0.770. The number of aliphatic imine (C=N–C) groups is 1. The van der Waals surface area contributed by atoms with Gasteiger partial charge in [-0.05, 0) is 31.8 Å². The molecule has 3 aliphatic heterocycles. The average molecular weight is 168 g/mol. The Labute approximate surface area is 72.6 Å². The topological polar surface area (TPSA) is 67.6 Å². The zero-order chi connectivity index (χ0) is 8.55. The Bertz CT molecular complexity index is 189. The lowest BCUT2D eigenvalue weighted by Crippen LogP contribution is -2.50. The van der Waals surface area contributed by atoms with Crippen LogP contribution in [0.1, 0.15) is 12.8 Å². The van der Waals surface area contributed by atoms with E-state index in [0.29, 0.717) is 6.04 Å². The van der Waals surface area contributed by atoms with Crippen LogP contribution in [0.15, 0.2) is 4.99 Å². The Kier molecular flexibility index (Phi) is 1.92. The number of nitrogens with two attached hydrogens (primary N) is 2. The third kappa shape index (κ3) is 1.39. The summed E-state index contributed by atoms with van der Waals surface area (Å²) >= 11 is 0. The Morgan fingerprint density at radius 3 is 2.33 bits per heavy atom. The maximum Gasteiger partial charge on any atom is 0.186 e.